The van der Waals surface area contributed by atoms with Crippen molar-refractivity contribution in [3.05, 3.63) is 52.9 Å². The summed E-state index contributed by atoms with van der Waals surface area (Å²) in [5.41, 5.74) is 4.11. The summed E-state index contributed by atoms with van der Waals surface area (Å²) >= 11 is 1.49. The molecule has 5 nitrogen and oxygen atoms in total. The van der Waals surface area contributed by atoms with Crippen molar-refractivity contribution < 1.29 is 4.79 Å². The summed E-state index contributed by atoms with van der Waals surface area (Å²) in [6.45, 7) is 5.40. The molecule has 0 radical (unpaired) electrons. The Bertz CT molecular complexity index is 894. The number of nitrogens with one attached hydrogen (secondary N) is 2. The highest BCUT2D eigenvalue weighted by atomic mass is 32.1. The third-order valence-electron chi connectivity index (χ3n) is 5.21. The molecule has 0 unspecified atom stereocenters. The second-order valence-electron chi connectivity index (χ2n) is 6.91. The molecule has 4 rings (SSSR count). The largest absolute Gasteiger partial charge is 0.349 e. The molecule has 2 N–H and O–H groups in total. The second-order valence-corrected chi connectivity index (χ2v) is 7.82. The van der Waals surface area contributed by atoms with E-state index in [4.69, 9.17) is 0 Å². The Morgan fingerprint density at radius 1 is 1.26 bits per heavy atom. The van der Waals surface area contributed by atoms with E-state index in [1.807, 2.05) is 35.8 Å². The average molecular weight is 381 g/mol. The normalized spacial score (nSPS) is 15.7. The molecular weight excluding hydrogens is 356 g/mol. The number of carbonyl (C=O) groups excluding carboxylic acids is 1. The maximum atomic E-state index is 12.7. The number of aromatic amines is 1. The summed E-state index contributed by atoms with van der Waals surface area (Å²) in [4.78, 5) is 15.8. The van der Waals surface area contributed by atoms with E-state index in [0.717, 1.165) is 59.7 Å². The molecule has 0 aliphatic carbocycles. The number of aromatic nitrogens is 2. The summed E-state index contributed by atoms with van der Waals surface area (Å²) in [7, 11) is 0. The van der Waals surface area contributed by atoms with Gasteiger partial charge in [0.05, 0.1) is 16.8 Å². The molecule has 1 amide bonds. The van der Waals surface area contributed by atoms with E-state index in [2.05, 4.69) is 39.5 Å². The zero-order chi connectivity index (χ0) is 18.6. The van der Waals surface area contributed by atoms with E-state index >= 15 is 0 Å². The number of rotatable bonds is 5. The van der Waals surface area contributed by atoms with Crippen LogP contribution in [-0.4, -0.2) is 46.7 Å². The van der Waals surface area contributed by atoms with Gasteiger partial charge in [-0.3, -0.25) is 9.89 Å². The number of hydrogen-bond acceptors (Lipinski definition) is 4. The summed E-state index contributed by atoms with van der Waals surface area (Å²) in [5.74, 6) is 0.0333. The van der Waals surface area contributed by atoms with Crippen molar-refractivity contribution >= 4 is 17.2 Å². The van der Waals surface area contributed by atoms with E-state index in [1.165, 1.54) is 11.3 Å². The van der Waals surface area contributed by atoms with Gasteiger partial charge in [-0.2, -0.15) is 5.10 Å². The van der Waals surface area contributed by atoms with Crippen LogP contribution in [0.1, 0.15) is 29.4 Å². The van der Waals surface area contributed by atoms with Gasteiger partial charge in [0.2, 0.25) is 0 Å². The number of benzene rings is 1. The number of nitrogens with zero attached hydrogens (tertiary/aromatic N) is 2. The minimum atomic E-state index is 0.0333. The molecule has 3 aromatic rings. The van der Waals surface area contributed by atoms with Crippen LogP contribution in [-0.2, 0) is 0 Å². The molecule has 1 fully saturated rings. The highest BCUT2D eigenvalue weighted by molar-refractivity contribution is 7.12. The Kier molecular flexibility index (Phi) is 5.36. The maximum Gasteiger partial charge on any atom is 0.261 e. The van der Waals surface area contributed by atoms with Crippen molar-refractivity contribution in [3.63, 3.8) is 0 Å². The van der Waals surface area contributed by atoms with Crippen LogP contribution in [0.25, 0.3) is 22.4 Å². The summed E-state index contributed by atoms with van der Waals surface area (Å²) in [5, 5.41) is 12.5. The molecule has 1 saturated heterocycles. The third-order valence-corrected chi connectivity index (χ3v) is 6.14. The quantitative estimate of drug-likeness (QED) is 0.703. The Morgan fingerprint density at radius 2 is 2.04 bits per heavy atom. The number of thiophene rings is 1. The topological polar surface area (TPSA) is 61.0 Å². The van der Waals surface area contributed by atoms with Gasteiger partial charge in [-0.05, 0) is 36.4 Å². The molecule has 0 bridgehead atoms. The maximum absolute atomic E-state index is 12.7. The van der Waals surface area contributed by atoms with Crippen LogP contribution in [0.15, 0.2) is 48.0 Å². The van der Waals surface area contributed by atoms with E-state index in [9.17, 15) is 4.79 Å². The lowest BCUT2D eigenvalue weighted by atomic mass is 10.0. The number of H-pyrrole nitrogens is 1. The fraction of sp³-hybridized carbons (Fsp3) is 0.333. The molecular formula is C21H24N4OS. The van der Waals surface area contributed by atoms with Crippen molar-refractivity contribution in [2.75, 3.05) is 19.6 Å². The van der Waals surface area contributed by atoms with Gasteiger partial charge in [0.1, 0.15) is 0 Å². The first-order chi connectivity index (χ1) is 13.2. The fourth-order valence-electron chi connectivity index (χ4n) is 3.58. The summed E-state index contributed by atoms with van der Waals surface area (Å²) in [6.07, 6.45) is 3.88. The fourth-order valence-corrected chi connectivity index (χ4v) is 4.39. The molecule has 140 valence electrons. The third kappa shape index (κ3) is 3.96. The molecule has 1 aliphatic rings. The van der Waals surface area contributed by atoms with Gasteiger partial charge in [0, 0.05) is 30.3 Å². The second kappa shape index (κ2) is 8.06. The summed E-state index contributed by atoms with van der Waals surface area (Å²) in [6, 6.07) is 12.4. The van der Waals surface area contributed by atoms with Crippen molar-refractivity contribution in [2.24, 2.45) is 0 Å². The Hall–Kier alpha value is -2.44. The monoisotopic (exact) mass is 380 g/mol. The number of amides is 1. The lowest BCUT2D eigenvalue weighted by Gasteiger charge is -2.31. The first-order valence-electron chi connectivity index (χ1n) is 9.45. The van der Waals surface area contributed by atoms with Crippen LogP contribution < -0.4 is 5.32 Å². The zero-order valence-electron chi connectivity index (χ0n) is 15.4. The first kappa shape index (κ1) is 17.9. The Morgan fingerprint density at radius 3 is 2.78 bits per heavy atom. The average Bonchev–Trinajstić information content (AvgIpc) is 3.38. The van der Waals surface area contributed by atoms with Gasteiger partial charge in [0.15, 0.2) is 0 Å². The van der Waals surface area contributed by atoms with Crippen molar-refractivity contribution in [2.45, 2.75) is 25.8 Å². The van der Waals surface area contributed by atoms with Crippen LogP contribution in [0.2, 0.25) is 0 Å². The summed E-state index contributed by atoms with van der Waals surface area (Å²) < 4.78 is 0. The number of hydrogen-bond donors (Lipinski definition) is 2. The molecule has 2 aromatic heterocycles. The standard InChI is InChI=1S/C21H24N4OS/c1-2-25-10-8-17(9-11-25)23-21(26)19-12-16(14-27-19)18-13-22-24-20(18)15-6-4-3-5-7-15/h3-7,12-14,17H,2,8-11H2,1H3,(H,22,24)(H,23,26). The predicted octanol–water partition coefficient (Wildman–Crippen LogP) is 4.02. The van der Waals surface area contributed by atoms with E-state index in [0.29, 0.717) is 0 Å². The van der Waals surface area contributed by atoms with Crippen molar-refractivity contribution in [1.82, 2.24) is 20.4 Å². The lowest BCUT2D eigenvalue weighted by Crippen LogP contribution is -2.44. The number of carbonyl (C=O) groups is 1. The first-order valence-corrected chi connectivity index (χ1v) is 10.3. The smallest absolute Gasteiger partial charge is 0.261 e. The molecule has 1 aliphatic heterocycles. The molecule has 3 heterocycles. The number of likely N-dealkylation sites (tertiary alicyclic amines) is 1. The van der Waals surface area contributed by atoms with E-state index in [1.54, 1.807) is 0 Å². The van der Waals surface area contributed by atoms with Gasteiger partial charge >= 0.3 is 0 Å². The van der Waals surface area contributed by atoms with E-state index < -0.39 is 0 Å². The minimum Gasteiger partial charge on any atom is -0.349 e. The molecule has 27 heavy (non-hydrogen) atoms. The molecule has 0 atom stereocenters. The van der Waals surface area contributed by atoms with Gasteiger partial charge in [0.25, 0.3) is 5.91 Å². The van der Waals surface area contributed by atoms with Crippen LogP contribution in [0.5, 0.6) is 0 Å². The van der Waals surface area contributed by atoms with Crippen LogP contribution in [0, 0.1) is 0 Å². The lowest BCUT2D eigenvalue weighted by molar-refractivity contribution is 0.0917. The van der Waals surface area contributed by atoms with Crippen LogP contribution >= 0.6 is 11.3 Å². The minimum absolute atomic E-state index is 0.0333. The zero-order valence-corrected chi connectivity index (χ0v) is 16.3. The number of piperidine rings is 1. The molecule has 0 saturated carbocycles. The molecule has 0 spiro atoms. The highest BCUT2D eigenvalue weighted by Crippen LogP contribution is 2.33. The van der Waals surface area contributed by atoms with E-state index in [-0.39, 0.29) is 11.9 Å². The van der Waals surface area contributed by atoms with Gasteiger partial charge in [-0.25, -0.2) is 0 Å². The SMILES string of the molecule is CCN1CCC(NC(=O)c2cc(-c3cn[nH]c3-c3ccccc3)cs2)CC1. The highest BCUT2D eigenvalue weighted by Gasteiger charge is 2.21. The van der Waals surface area contributed by atoms with Gasteiger partial charge in [-0.15, -0.1) is 11.3 Å². The van der Waals surface area contributed by atoms with Gasteiger partial charge in [-0.1, -0.05) is 37.3 Å². The Labute approximate surface area is 163 Å². The molecule has 1 aromatic carbocycles. The van der Waals surface area contributed by atoms with Gasteiger partial charge < -0.3 is 10.2 Å². The van der Waals surface area contributed by atoms with Crippen molar-refractivity contribution in [1.29, 1.82) is 0 Å². The predicted molar refractivity (Wildman–Crippen MR) is 110 cm³/mol. The molecule has 6 heteroatoms. The van der Waals surface area contributed by atoms with Crippen LogP contribution in [0.3, 0.4) is 0 Å². The van der Waals surface area contributed by atoms with Crippen molar-refractivity contribution in [3.8, 4) is 22.4 Å². The Balaban J connectivity index is 1.47. The van der Waals surface area contributed by atoms with Crippen LogP contribution in [0.4, 0.5) is 0 Å².